The van der Waals surface area contributed by atoms with E-state index in [1.807, 2.05) is 0 Å². The molecule has 0 aromatic rings. The molecule has 0 aromatic carbocycles. The van der Waals surface area contributed by atoms with Crippen molar-refractivity contribution in [3.05, 3.63) is 24.3 Å². The van der Waals surface area contributed by atoms with E-state index in [4.69, 9.17) is 9.47 Å². The van der Waals surface area contributed by atoms with E-state index >= 15 is 0 Å². The summed E-state index contributed by atoms with van der Waals surface area (Å²) in [5, 5.41) is 45.3. The molecule has 0 bridgehead atoms. The Morgan fingerprint density at radius 1 is 0.513 bits per heavy atom. The summed E-state index contributed by atoms with van der Waals surface area (Å²) in [6.07, 6.45) is 60.6. The number of hydrogen-bond acceptors (Lipinski definition) is 10. The second-order valence-electron chi connectivity index (χ2n) is 23.4. The molecule has 1 aliphatic heterocycles. The SMILES string of the molecule is CCCCCCCCCCC/C=C\C/C=C\CCCCCCCCCCCCCCCCCC(=O)NC(COC1OC(CO)C(O)C(OS(=O)(=O)O)C1O)C(O)CCCCCCCCCCCCCCCCCCCCCC. The third kappa shape index (κ3) is 46.1. The minimum absolute atomic E-state index is 0.224. The molecule has 0 radical (unpaired) electrons. The van der Waals surface area contributed by atoms with Crippen LogP contribution in [0.2, 0.25) is 0 Å². The zero-order valence-electron chi connectivity index (χ0n) is 50.5. The van der Waals surface area contributed by atoms with Crippen molar-refractivity contribution in [3.8, 4) is 0 Å². The molecule has 78 heavy (non-hydrogen) atoms. The van der Waals surface area contributed by atoms with Gasteiger partial charge in [-0.2, -0.15) is 8.42 Å². The van der Waals surface area contributed by atoms with E-state index in [-0.39, 0.29) is 12.5 Å². The van der Waals surface area contributed by atoms with Crippen molar-refractivity contribution in [1.29, 1.82) is 0 Å². The zero-order valence-corrected chi connectivity index (χ0v) is 51.3. The normalized spacial score (nSPS) is 18.9. The molecule has 1 heterocycles. The highest BCUT2D eigenvalue weighted by Crippen LogP contribution is 2.26. The van der Waals surface area contributed by atoms with E-state index < -0.39 is 59.9 Å². The number of aliphatic hydroxyl groups is 4. The van der Waals surface area contributed by atoms with Crippen LogP contribution in [-0.2, 0) is 28.9 Å². The van der Waals surface area contributed by atoms with Crippen LogP contribution in [-0.4, -0.2) is 95.4 Å². The first kappa shape index (κ1) is 74.6. The van der Waals surface area contributed by atoms with Crippen molar-refractivity contribution < 1.29 is 51.8 Å². The first-order chi connectivity index (χ1) is 38.0. The van der Waals surface area contributed by atoms with Gasteiger partial charge in [0.05, 0.1) is 25.4 Å². The van der Waals surface area contributed by atoms with Gasteiger partial charge in [-0.1, -0.05) is 301 Å². The molecule has 1 rings (SSSR count). The van der Waals surface area contributed by atoms with Crippen molar-refractivity contribution in [2.75, 3.05) is 13.2 Å². The highest BCUT2D eigenvalue weighted by molar-refractivity contribution is 7.80. The smallest absolute Gasteiger partial charge is 0.394 e. The number of allylic oxidation sites excluding steroid dienone is 4. The van der Waals surface area contributed by atoms with Crippen LogP contribution in [0.5, 0.6) is 0 Å². The number of carbonyl (C=O) groups excluding carboxylic acids is 1. The predicted molar refractivity (Wildman–Crippen MR) is 324 cm³/mol. The van der Waals surface area contributed by atoms with Crippen LogP contribution in [0.25, 0.3) is 0 Å². The summed E-state index contributed by atoms with van der Waals surface area (Å²) >= 11 is 0. The lowest BCUT2D eigenvalue weighted by Crippen LogP contribution is -2.61. The van der Waals surface area contributed by atoms with Gasteiger partial charge in [0.25, 0.3) is 0 Å². The quantitative estimate of drug-likeness (QED) is 0.0193. The van der Waals surface area contributed by atoms with Crippen molar-refractivity contribution in [2.24, 2.45) is 0 Å². The van der Waals surface area contributed by atoms with Gasteiger partial charge in [0.2, 0.25) is 5.91 Å². The average Bonchev–Trinajstić information content (AvgIpc) is 3.45. The lowest BCUT2D eigenvalue weighted by atomic mass is 9.99. The Morgan fingerprint density at radius 2 is 0.859 bits per heavy atom. The standard InChI is InChI=1S/C65H125NO11S/c1-3-5-7-9-11-13-15-17-19-21-23-25-26-27-28-29-30-31-32-33-34-35-37-39-41-43-45-47-49-51-53-55-61(69)66-58(57-75-65-63(71)64(77-78(72,73)74)62(70)60(56-67)76-65)59(68)54-52-50-48-46-44-42-40-38-36-24-22-20-18-16-14-12-10-8-6-4-2/h23,25,27-28,58-60,62-65,67-68,70-71H,3-22,24,26,29-57H2,1-2H3,(H,66,69)(H,72,73,74)/b25-23-,28-27-. The molecule has 12 nitrogen and oxygen atoms in total. The number of unbranched alkanes of at least 4 members (excludes halogenated alkanes) is 43. The fraction of sp³-hybridized carbons (Fsp3) is 0.923. The molecule has 0 spiro atoms. The fourth-order valence-electron chi connectivity index (χ4n) is 10.9. The number of amides is 1. The molecule has 6 N–H and O–H groups in total. The third-order valence-electron chi connectivity index (χ3n) is 16.0. The summed E-state index contributed by atoms with van der Waals surface area (Å²) in [5.41, 5.74) is 0. The van der Waals surface area contributed by atoms with Crippen molar-refractivity contribution in [2.45, 2.75) is 371 Å². The van der Waals surface area contributed by atoms with Crippen LogP contribution in [0.4, 0.5) is 0 Å². The topological polar surface area (TPSA) is 192 Å². The number of carbonyl (C=O) groups is 1. The maximum absolute atomic E-state index is 13.2. The number of hydrogen-bond donors (Lipinski definition) is 6. The van der Waals surface area contributed by atoms with E-state index in [2.05, 4.69) is 47.7 Å². The van der Waals surface area contributed by atoms with Gasteiger partial charge in [0.1, 0.15) is 24.4 Å². The summed E-state index contributed by atoms with van der Waals surface area (Å²) in [7, 11) is -5.08. The van der Waals surface area contributed by atoms with Crippen LogP contribution in [0.1, 0.15) is 328 Å². The average molecular weight is 1130 g/mol. The number of aliphatic hydroxyl groups excluding tert-OH is 4. The Morgan fingerprint density at radius 3 is 1.22 bits per heavy atom. The molecule has 7 atom stereocenters. The highest BCUT2D eigenvalue weighted by Gasteiger charge is 2.48. The Kier molecular flexibility index (Phi) is 52.4. The predicted octanol–water partition coefficient (Wildman–Crippen LogP) is 16.7. The molecule has 1 saturated heterocycles. The molecule has 0 saturated carbocycles. The Bertz CT molecular complexity index is 1470. The van der Waals surface area contributed by atoms with Gasteiger partial charge in [-0.25, -0.2) is 4.18 Å². The van der Waals surface area contributed by atoms with Gasteiger partial charge in [0.15, 0.2) is 6.29 Å². The Labute approximate surface area is 480 Å². The highest BCUT2D eigenvalue weighted by atomic mass is 32.3. The first-order valence-electron chi connectivity index (χ1n) is 33.2. The summed E-state index contributed by atoms with van der Waals surface area (Å²) in [6, 6.07) is -0.858. The summed E-state index contributed by atoms with van der Waals surface area (Å²) < 4.78 is 48.1. The van der Waals surface area contributed by atoms with Crippen molar-refractivity contribution in [3.63, 3.8) is 0 Å². The monoisotopic (exact) mass is 1130 g/mol. The second kappa shape index (κ2) is 54.8. The lowest BCUT2D eigenvalue weighted by Gasteiger charge is -2.41. The molecule has 0 aliphatic carbocycles. The van der Waals surface area contributed by atoms with Crippen LogP contribution in [0.3, 0.4) is 0 Å². The molecular formula is C65H125NO11S. The fourth-order valence-corrected chi connectivity index (χ4v) is 11.4. The molecule has 13 heteroatoms. The minimum atomic E-state index is -5.08. The molecule has 1 aliphatic rings. The van der Waals surface area contributed by atoms with Gasteiger partial charge >= 0.3 is 10.4 Å². The van der Waals surface area contributed by atoms with E-state index in [9.17, 15) is 38.2 Å². The van der Waals surface area contributed by atoms with Crippen LogP contribution in [0.15, 0.2) is 24.3 Å². The van der Waals surface area contributed by atoms with Crippen molar-refractivity contribution in [1.82, 2.24) is 5.32 Å². The number of rotatable bonds is 59. The van der Waals surface area contributed by atoms with E-state index in [1.165, 1.54) is 244 Å². The summed E-state index contributed by atoms with van der Waals surface area (Å²) in [6.45, 7) is 3.51. The molecule has 462 valence electrons. The molecule has 1 fully saturated rings. The van der Waals surface area contributed by atoms with Crippen LogP contribution >= 0.6 is 0 Å². The third-order valence-corrected chi connectivity index (χ3v) is 16.5. The Hall–Kier alpha value is -1.42. The molecule has 7 unspecified atom stereocenters. The van der Waals surface area contributed by atoms with Gasteiger partial charge in [-0.05, 0) is 44.9 Å². The maximum Gasteiger partial charge on any atom is 0.397 e. The van der Waals surface area contributed by atoms with E-state index in [0.29, 0.717) is 12.8 Å². The second-order valence-corrected chi connectivity index (χ2v) is 24.5. The summed E-state index contributed by atoms with van der Waals surface area (Å²) in [4.78, 5) is 13.2. The number of ether oxygens (including phenoxy) is 2. The largest absolute Gasteiger partial charge is 0.397 e. The van der Waals surface area contributed by atoms with Crippen molar-refractivity contribution >= 4 is 16.3 Å². The van der Waals surface area contributed by atoms with Gasteiger partial charge in [-0.15, -0.1) is 0 Å². The minimum Gasteiger partial charge on any atom is -0.394 e. The zero-order chi connectivity index (χ0) is 56.8. The van der Waals surface area contributed by atoms with E-state index in [0.717, 1.165) is 57.8 Å². The first-order valence-corrected chi connectivity index (χ1v) is 34.6. The lowest BCUT2D eigenvalue weighted by molar-refractivity contribution is -0.298. The Balaban J connectivity index is 2.25. The van der Waals surface area contributed by atoms with Gasteiger partial charge in [-0.3, -0.25) is 9.35 Å². The number of nitrogens with one attached hydrogen (secondary N) is 1. The van der Waals surface area contributed by atoms with Gasteiger partial charge in [0, 0.05) is 6.42 Å². The van der Waals surface area contributed by atoms with E-state index in [1.54, 1.807) is 0 Å². The molecule has 0 aromatic heterocycles. The summed E-state index contributed by atoms with van der Waals surface area (Å²) in [5.74, 6) is -0.224. The maximum atomic E-state index is 13.2. The molecular weight excluding hydrogens is 1000 g/mol. The van der Waals surface area contributed by atoms with Gasteiger partial charge < -0.3 is 35.2 Å². The molecule has 1 amide bonds. The van der Waals surface area contributed by atoms with Crippen LogP contribution in [0, 0.1) is 0 Å². The van der Waals surface area contributed by atoms with Crippen LogP contribution < -0.4 is 5.32 Å².